The van der Waals surface area contributed by atoms with Gasteiger partial charge in [-0.3, -0.25) is 0 Å². The molecule has 5 nitrogen and oxygen atoms in total. The monoisotopic (exact) mass is 266 g/mol. The molecule has 0 aliphatic carbocycles. The van der Waals surface area contributed by atoms with Crippen molar-refractivity contribution < 1.29 is 14.3 Å². The molecule has 106 valence electrons. The fourth-order valence-corrected chi connectivity index (χ4v) is 1.40. The fraction of sp³-hybridized carbons (Fsp3) is 0.500. The van der Waals surface area contributed by atoms with Crippen LogP contribution in [0.1, 0.15) is 18.4 Å². The van der Waals surface area contributed by atoms with Gasteiger partial charge in [-0.25, -0.2) is 0 Å². The topological polar surface area (TPSA) is 66.1 Å². The van der Waals surface area contributed by atoms with Crippen molar-refractivity contribution in [1.82, 2.24) is 0 Å². The Labute approximate surface area is 114 Å². The zero-order valence-electron chi connectivity index (χ0n) is 11.6. The summed E-state index contributed by atoms with van der Waals surface area (Å²) < 4.78 is 10.5. The van der Waals surface area contributed by atoms with Crippen LogP contribution in [0.5, 0.6) is 5.75 Å². The Morgan fingerprint density at radius 3 is 2.74 bits per heavy atom. The third kappa shape index (κ3) is 6.67. The van der Waals surface area contributed by atoms with Gasteiger partial charge in [0.2, 0.25) is 0 Å². The van der Waals surface area contributed by atoms with E-state index in [1.165, 1.54) is 0 Å². The molecule has 0 bridgehead atoms. The van der Waals surface area contributed by atoms with E-state index in [9.17, 15) is 0 Å². The van der Waals surface area contributed by atoms with Crippen molar-refractivity contribution in [3.8, 4) is 5.75 Å². The van der Waals surface area contributed by atoms with Crippen LogP contribution in [-0.2, 0) is 9.57 Å². The third-order valence-electron chi connectivity index (χ3n) is 2.48. The molecule has 0 saturated heterocycles. The predicted molar refractivity (Wildman–Crippen MR) is 75.4 cm³/mol. The van der Waals surface area contributed by atoms with Crippen molar-refractivity contribution in [3.63, 3.8) is 0 Å². The smallest absolute Gasteiger partial charge is 0.141 e. The van der Waals surface area contributed by atoms with Gasteiger partial charge in [-0.15, -0.1) is 0 Å². The molecule has 0 aromatic heterocycles. The molecule has 1 aromatic carbocycles. The molecule has 0 amide bonds. The second-order valence-corrected chi connectivity index (χ2v) is 4.13. The molecular formula is C14H22N2O3. The highest BCUT2D eigenvalue weighted by Crippen LogP contribution is 2.16. The summed E-state index contributed by atoms with van der Waals surface area (Å²) in [6.45, 7) is 3.65. The lowest BCUT2D eigenvalue weighted by molar-refractivity contribution is 0.125. The lowest BCUT2D eigenvalue weighted by Gasteiger charge is -2.08. The lowest BCUT2D eigenvalue weighted by Crippen LogP contribution is -2.15. The maximum absolute atomic E-state index is 5.63. The molecule has 0 spiro atoms. The number of nitrogens with zero attached hydrogens (tertiary/aromatic N) is 1. The largest absolute Gasteiger partial charge is 0.493 e. The minimum Gasteiger partial charge on any atom is -0.493 e. The van der Waals surface area contributed by atoms with Gasteiger partial charge in [0.05, 0.1) is 13.2 Å². The molecule has 1 rings (SSSR count). The molecule has 0 fully saturated rings. The maximum Gasteiger partial charge on any atom is 0.141 e. The van der Waals surface area contributed by atoms with Crippen LogP contribution in [0.25, 0.3) is 0 Å². The highest BCUT2D eigenvalue weighted by Gasteiger charge is 1.97. The molecule has 5 heteroatoms. The summed E-state index contributed by atoms with van der Waals surface area (Å²) in [5.41, 5.74) is 6.73. The van der Waals surface area contributed by atoms with Crippen LogP contribution in [0.3, 0.4) is 0 Å². The Balaban J connectivity index is 2.10. The van der Waals surface area contributed by atoms with E-state index in [0.717, 1.165) is 17.7 Å². The van der Waals surface area contributed by atoms with E-state index in [1.807, 2.05) is 31.2 Å². The molecule has 0 heterocycles. The van der Waals surface area contributed by atoms with Crippen molar-refractivity contribution in [3.05, 3.63) is 29.8 Å². The van der Waals surface area contributed by atoms with E-state index in [0.29, 0.717) is 32.1 Å². The zero-order chi connectivity index (χ0) is 13.9. The summed E-state index contributed by atoms with van der Waals surface area (Å²) in [5.74, 6) is 1.35. The van der Waals surface area contributed by atoms with Gasteiger partial charge in [-0.1, -0.05) is 23.4 Å². The van der Waals surface area contributed by atoms with E-state index in [4.69, 9.17) is 20.0 Å². The molecule has 0 atom stereocenters. The Kier molecular flexibility index (Phi) is 7.43. The Bertz CT molecular complexity index is 394. The quantitative estimate of drug-likeness (QED) is 0.322. The molecule has 1 aromatic rings. The summed E-state index contributed by atoms with van der Waals surface area (Å²) in [6, 6.07) is 7.92. The van der Waals surface area contributed by atoms with E-state index >= 15 is 0 Å². The SMILES string of the molecule is COCC/C(N)=N/OCCCOc1ccccc1C. The third-order valence-corrected chi connectivity index (χ3v) is 2.48. The van der Waals surface area contributed by atoms with Crippen LogP contribution in [0.2, 0.25) is 0 Å². The van der Waals surface area contributed by atoms with Crippen molar-refractivity contribution in [2.75, 3.05) is 26.9 Å². The fourth-order valence-electron chi connectivity index (χ4n) is 1.40. The minimum atomic E-state index is 0.446. The Hall–Kier alpha value is -1.75. The molecular weight excluding hydrogens is 244 g/mol. The van der Waals surface area contributed by atoms with Crippen molar-refractivity contribution in [2.24, 2.45) is 10.9 Å². The number of hydrogen-bond donors (Lipinski definition) is 1. The standard InChI is InChI=1S/C14H22N2O3/c1-12-6-3-4-7-13(12)18-9-5-10-19-16-14(15)8-11-17-2/h3-4,6-7H,5,8-11H2,1-2H3,(H2,15,16). The molecule has 0 radical (unpaired) electrons. The van der Waals surface area contributed by atoms with Crippen LogP contribution in [-0.4, -0.2) is 32.8 Å². The van der Waals surface area contributed by atoms with Crippen LogP contribution in [0, 0.1) is 6.92 Å². The first-order chi connectivity index (χ1) is 9.24. The van der Waals surface area contributed by atoms with Crippen LogP contribution in [0.4, 0.5) is 0 Å². The number of amidine groups is 1. The number of nitrogens with two attached hydrogens (primary N) is 1. The number of aryl methyl sites for hydroxylation is 1. The second-order valence-electron chi connectivity index (χ2n) is 4.13. The first kappa shape index (κ1) is 15.3. The number of rotatable bonds is 9. The first-order valence-electron chi connectivity index (χ1n) is 6.35. The first-order valence-corrected chi connectivity index (χ1v) is 6.35. The van der Waals surface area contributed by atoms with Gasteiger partial charge in [-0.05, 0) is 18.6 Å². The van der Waals surface area contributed by atoms with Gasteiger partial charge >= 0.3 is 0 Å². The van der Waals surface area contributed by atoms with Crippen molar-refractivity contribution in [1.29, 1.82) is 0 Å². The number of ether oxygens (including phenoxy) is 2. The summed E-state index contributed by atoms with van der Waals surface area (Å²) in [5, 5.41) is 3.78. The van der Waals surface area contributed by atoms with Gasteiger partial charge in [0.25, 0.3) is 0 Å². The van der Waals surface area contributed by atoms with E-state index in [-0.39, 0.29) is 0 Å². The summed E-state index contributed by atoms with van der Waals surface area (Å²) >= 11 is 0. The second kappa shape index (κ2) is 9.22. The lowest BCUT2D eigenvalue weighted by atomic mass is 10.2. The van der Waals surface area contributed by atoms with Crippen LogP contribution < -0.4 is 10.5 Å². The van der Waals surface area contributed by atoms with Crippen LogP contribution in [0.15, 0.2) is 29.4 Å². The molecule has 0 unspecified atom stereocenters. The summed E-state index contributed by atoms with van der Waals surface area (Å²) in [6.07, 6.45) is 1.34. The van der Waals surface area contributed by atoms with Gasteiger partial charge < -0.3 is 20.0 Å². The molecule has 19 heavy (non-hydrogen) atoms. The highest BCUT2D eigenvalue weighted by atomic mass is 16.6. The van der Waals surface area contributed by atoms with E-state index in [1.54, 1.807) is 7.11 Å². The normalized spacial score (nSPS) is 11.4. The van der Waals surface area contributed by atoms with Gasteiger partial charge in [0.15, 0.2) is 0 Å². The maximum atomic E-state index is 5.63. The van der Waals surface area contributed by atoms with E-state index in [2.05, 4.69) is 5.16 Å². The Morgan fingerprint density at radius 1 is 1.21 bits per heavy atom. The van der Waals surface area contributed by atoms with Crippen LogP contribution >= 0.6 is 0 Å². The zero-order valence-corrected chi connectivity index (χ0v) is 11.6. The number of oxime groups is 1. The Morgan fingerprint density at radius 2 is 2.00 bits per heavy atom. The molecule has 0 saturated carbocycles. The molecule has 2 N–H and O–H groups in total. The molecule has 0 aliphatic rings. The van der Waals surface area contributed by atoms with E-state index < -0.39 is 0 Å². The van der Waals surface area contributed by atoms with Gasteiger partial charge in [0, 0.05) is 20.0 Å². The summed E-state index contributed by atoms with van der Waals surface area (Å²) in [4.78, 5) is 5.09. The number of methoxy groups -OCH3 is 1. The van der Waals surface area contributed by atoms with Crippen molar-refractivity contribution in [2.45, 2.75) is 19.8 Å². The van der Waals surface area contributed by atoms with Gasteiger partial charge in [0.1, 0.15) is 18.2 Å². The highest BCUT2D eigenvalue weighted by molar-refractivity contribution is 5.79. The molecule has 0 aliphatic heterocycles. The minimum absolute atomic E-state index is 0.446. The van der Waals surface area contributed by atoms with Gasteiger partial charge in [-0.2, -0.15) is 0 Å². The number of benzene rings is 1. The predicted octanol–water partition coefficient (Wildman–Crippen LogP) is 2.09. The number of hydrogen-bond acceptors (Lipinski definition) is 4. The van der Waals surface area contributed by atoms with Crippen molar-refractivity contribution >= 4 is 5.84 Å². The average Bonchev–Trinajstić information content (AvgIpc) is 2.42. The summed E-state index contributed by atoms with van der Waals surface area (Å²) in [7, 11) is 1.62. The average molecular weight is 266 g/mol. The number of para-hydroxylation sites is 1.